The summed E-state index contributed by atoms with van der Waals surface area (Å²) < 4.78 is 48.9. The van der Waals surface area contributed by atoms with Crippen LogP contribution in [-0.4, -0.2) is 57.7 Å². The average molecular weight is 398 g/mol. The van der Waals surface area contributed by atoms with Crippen molar-refractivity contribution in [3.63, 3.8) is 0 Å². The summed E-state index contributed by atoms with van der Waals surface area (Å²) in [5, 5.41) is 5.60. The predicted octanol–water partition coefficient (Wildman–Crippen LogP) is 1.73. The molecular formula is C15H22ClF2N3O3S. The van der Waals surface area contributed by atoms with Crippen molar-refractivity contribution < 1.29 is 22.0 Å². The highest BCUT2D eigenvalue weighted by atomic mass is 35.5. The second-order valence-electron chi connectivity index (χ2n) is 5.71. The highest BCUT2D eigenvalue weighted by Crippen LogP contribution is 2.26. The molecule has 6 nitrogen and oxygen atoms in total. The summed E-state index contributed by atoms with van der Waals surface area (Å²) in [5.74, 6) is -3.96. The average Bonchev–Trinajstić information content (AvgIpc) is 2.55. The van der Waals surface area contributed by atoms with Crippen molar-refractivity contribution in [3.8, 4) is 0 Å². The third-order valence-electron chi connectivity index (χ3n) is 3.98. The third kappa shape index (κ3) is 5.60. The fourth-order valence-electron chi connectivity index (χ4n) is 2.74. The fraction of sp³-hybridized carbons (Fsp3) is 0.533. The van der Waals surface area contributed by atoms with Gasteiger partial charge in [0.15, 0.2) is 0 Å². The van der Waals surface area contributed by atoms with Crippen molar-refractivity contribution in [2.24, 2.45) is 0 Å². The molecule has 1 aliphatic heterocycles. The van der Waals surface area contributed by atoms with Crippen LogP contribution in [0.3, 0.4) is 0 Å². The SMILES string of the molecule is CNC1CCCN(CC(=O)Nc2ccccc2S(=O)(=O)C(F)F)C1.Cl. The van der Waals surface area contributed by atoms with E-state index in [1.54, 1.807) is 0 Å². The molecule has 1 unspecified atom stereocenters. The molecule has 0 aliphatic carbocycles. The van der Waals surface area contributed by atoms with Crippen LogP contribution in [0.25, 0.3) is 0 Å². The van der Waals surface area contributed by atoms with Gasteiger partial charge in [0.05, 0.1) is 17.1 Å². The first-order valence-corrected chi connectivity index (χ1v) is 9.19. The van der Waals surface area contributed by atoms with Gasteiger partial charge in [0.2, 0.25) is 15.7 Å². The fourth-order valence-corrected chi connectivity index (χ4v) is 3.63. The number of hydrogen-bond donors (Lipinski definition) is 2. The van der Waals surface area contributed by atoms with Crippen LogP contribution in [-0.2, 0) is 14.6 Å². The van der Waals surface area contributed by atoms with Gasteiger partial charge in [0, 0.05) is 12.6 Å². The van der Waals surface area contributed by atoms with E-state index in [1.165, 1.54) is 18.2 Å². The number of hydrogen-bond acceptors (Lipinski definition) is 5. The van der Waals surface area contributed by atoms with Crippen LogP contribution in [0.2, 0.25) is 0 Å². The molecule has 0 spiro atoms. The minimum absolute atomic E-state index is 0. The summed E-state index contributed by atoms with van der Waals surface area (Å²) in [6.45, 7) is 1.56. The summed E-state index contributed by atoms with van der Waals surface area (Å²) in [4.78, 5) is 13.5. The second-order valence-corrected chi connectivity index (χ2v) is 7.60. The number of alkyl halides is 2. The zero-order valence-corrected chi connectivity index (χ0v) is 15.4. The van der Waals surface area contributed by atoms with Gasteiger partial charge >= 0.3 is 5.76 Å². The van der Waals surface area contributed by atoms with Crippen LogP contribution >= 0.6 is 12.4 Å². The Bertz CT molecular complexity index is 688. The number of anilines is 1. The molecule has 1 aliphatic rings. The van der Waals surface area contributed by atoms with Crippen LogP contribution in [0.15, 0.2) is 29.2 Å². The molecule has 2 rings (SSSR count). The van der Waals surface area contributed by atoms with Crippen molar-refractivity contribution in [3.05, 3.63) is 24.3 Å². The lowest BCUT2D eigenvalue weighted by Gasteiger charge is -2.31. The summed E-state index contributed by atoms with van der Waals surface area (Å²) in [6.07, 6.45) is 1.99. The number of rotatable bonds is 6. The van der Waals surface area contributed by atoms with Gasteiger partial charge in [0.1, 0.15) is 0 Å². The van der Waals surface area contributed by atoms with E-state index in [0.29, 0.717) is 12.6 Å². The second kappa shape index (κ2) is 9.42. The van der Waals surface area contributed by atoms with Crippen molar-refractivity contribution >= 4 is 33.8 Å². The Hall–Kier alpha value is -1.29. The van der Waals surface area contributed by atoms with Crippen LogP contribution in [0.5, 0.6) is 0 Å². The highest BCUT2D eigenvalue weighted by molar-refractivity contribution is 7.91. The maximum Gasteiger partial charge on any atom is 0.341 e. The first-order valence-electron chi connectivity index (χ1n) is 7.65. The smallest absolute Gasteiger partial charge is 0.324 e. The number of halogens is 3. The predicted molar refractivity (Wildman–Crippen MR) is 94.0 cm³/mol. The summed E-state index contributed by atoms with van der Waals surface area (Å²) >= 11 is 0. The molecule has 0 saturated carbocycles. The summed E-state index contributed by atoms with van der Waals surface area (Å²) in [6, 6.07) is 5.50. The molecule has 2 N–H and O–H groups in total. The quantitative estimate of drug-likeness (QED) is 0.764. The number of carbonyl (C=O) groups is 1. The van der Waals surface area contributed by atoms with Crippen molar-refractivity contribution in [2.75, 3.05) is 32.0 Å². The lowest BCUT2D eigenvalue weighted by Crippen LogP contribution is -2.46. The van der Waals surface area contributed by atoms with Gasteiger partial charge in [-0.3, -0.25) is 9.69 Å². The molecule has 1 atom stereocenters. The zero-order valence-electron chi connectivity index (χ0n) is 13.7. The molecule has 1 aromatic rings. The van der Waals surface area contributed by atoms with E-state index in [9.17, 15) is 22.0 Å². The Balaban J connectivity index is 0.00000312. The van der Waals surface area contributed by atoms with E-state index in [2.05, 4.69) is 10.6 Å². The first kappa shape index (κ1) is 21.8. The maximum atomic E-state index is 12.8. The first-order chi connectivity index (χ1) is 11.3. The highest BCUT2D eigenvalue weighted by Gasteiger charge is 2.29. The Morgan fingerprint density at radius 1 is 1.36 bits per heavy atom. The lowest BCUT2D eigenvalue weighted by molar-refractivity contribution is -0.117. The van der Waals surface area contributed by atoms with Gasteiger partial charge in [-0.15, -0.1) is 12.4 Å². The number of nitrogens with one attached hydrogen (secondary N) is 2. The molecule has 1 amide bonds. The molecule has 0 radical (unpaired) electrons. The number of para-hydroxylation sites is 1. The number of likely N-dealkylation sites (N-methyl/N-ethyl adjacent to an activating group) is 1. The number of benzene rings is 1. The van der Waals surface area contributed by atoms with Gasteiger partial charge in [-0.05, 0) is 38.6 Å². The van der Waals surface area contributed by atoms with Gasteiger partial charge in [-0.25, -0.2) is 8.42 Å². The van der Waals surface area contributed by atoms with Crippen molar-refractivity contribution in [1.82, 2.24) is 10.2 Å². The third-order valence-corrected chi connectivity index (χ3v) is 5.42. The number of piperidine rings is 1. The Morgan fingerprint density at radius 2 is 2.04 bits per heavy atom. The maximum absolute atomic E-state index is 12.8. The van der Waals surface area contributed by atoms with E-state index in [-0.39, 0.29) is 24.6 Å². The molecule has 142 valence electrons. The molecule has 1 heterocycles. The van der Waals surface area contributed by atoms with Crippen LogP contribution < -0.4 is 10.6 Å². The van der Waals surface area contributed by atoms with Gasteiger partial charge < -0.3 is 10.6 Å². The number of sulfone groups is 1. The minimum Gasteiger partial charge on any atom is -0.324 e. The largest absolute Gasteiger partial charge is 0.341 e. The van der Waals surface area contributed by atoms with E-state index in [1.807, 2.05) is 11.9 Å². The molecule has 0 bridgehead atoms. The number of carbonyl (C=O) groups excluding carboxylic acids is 1. The summed E-state index contributed by atoms with van der Waals surface area (Å²) in [7, 11) is -2.91. The molecule has 25 heavy (non-hydrogen) atoms. The number of likely N-dealkylation sites (tertiary alicyclic amines) is 1. The lowest BCUT2D eigenvalue weighted by atomic mass is 10.1. The van der Waals surface area contributed by atoms with Crippen molar-refractivity contribution in [1.29, 1.82) is 0 Å². The zero-order chi connectivity index (χ0) is 17.7. The standard InChI is InChI=1S/C15H21F2N3O3S.ClH/c1-18-11-5-4-8-20(9-11)10-14(21)19-12-6-2-3-7-13(12)24(22,23)15(16)17;/h2-3,6-7,11,15,18H,4-5,8-10H2,1H3,(H,19,21);1H. The Labute approximate surface area is 152 Å². The summed E-state index contributed by atoms with van der Waals surface area (Å²) in [5.41, 5.74) is -0.120. The van der Waals surface area contributed by atoms with E-state index in [0.717, 1.165) is 25.5 Å². The Morgan fingerprint density at radius 3 is 2.68 bits per heavy atom. The molecule has 0 aromatic heterocycles. The van der Waals surface area contributed by atoms with Gasteiger partial charge in [-0.1, -0.05) is 12.1 Å². The Kier molecular flexibility index (Phi) is 8.20. The monoisotopic (exact) mass is 397 g/mol. The number of amides is 1. The van der Waals surface area contributed by atoms with E-state index < -0.39 is 26.4 Å². The van der Waals surface area contributed by atoms with E-state index in [4.69, 9.17) is 0 Å². The van der Waals surface area contributed by atoms with E-state index >= 15 is 0 Å². The van der Waals surface area contributed by atoms with Crippen molar-refractivity contribution in [2.45, 2.75) is 29.5 Å². The molecule has 1 aromatic carbocycles. The normalized spacial score (nSPS) is 18.6. The number of nitrogens with zero attached hydrogens (tertiary/aromatic N) is 1. The van der Waals surface area contributed by atoms with Crippen LogP contribution in [0.1, 0.15) is 12.8 Å². The molecular weight excluding hydrogens is 376 g/mol. The minimum atomic E-state index is -4.77. The van der Waals surface area contributed by atoms with Gasteiger partial charge in [-0.2, -0.15) is 8.78 Å². The molecule has 1 saturated heterocycles. The molecule has 1 fully saturated rings. The topological polar surface area (TPSA) is 78.5 Å². The molecule has 10 heteroatoms. The van der Waals surface area contributed by atoms with Crippen LogP contribution in [0.4, 0.5) is 14.5 Å². The van der Waals surface area contributed by atoms with Crippen LogP contribution in [0, 0.1) is 0 Å². The van der Waals surface area contributed by atoms with Gasteiger partial charge in [0.25, 0.3) is 0 Å².